The Kier molecular flexibility index (Phi) is 4.52. The summed E-state index contributed by atoms with van der Waals surface area (Å²) < 4.78 is 18.2. The van der Waals surface area contributed by atoms with Crippen LogP contribution in [-0.4, -0.2) is 21.3 Å². The van der Waals surface area contributed by atoms with Crippen molar-refractivity contribution in [2.24, 2.45) is 0 Å². The minimum absolute atomic E-state index is 0.644. The molecule has 2 heterocycles. The molecule has 4 N–H and O–H groups in total. The Labute approximate surface area is 158 Å². The van der Waals surface area contributed by atoms with Crippen LogP contribution in [0.5, 0.6) is 5.75 Å². The number of ether oxygens (including phenoxy) is 1. The molecule has 4 rings (SSSR count). The summed E-state index contributed by atoms with van der Waals surface area (Å²) in [5.74, 6) is 1.33. The van der Waals surface area contributed by atoms with Gasteiger partial charge in [-0.2, -0.15) is 0 Å². The minimum atomic E-state index is -1.34. The molecule has 0 aliphatic carbocycles. The molecular weight excluding hydrogens is 360 g/mol. The van der Waals surface area contributed by atoms with E-state index in [1.54, 1.807) is 19.4 Å². The van der Waals surface area contributed by atoms with Gasteiger partial charge in [0.2, 0.25) is 0 Å². The number of nitrogens with one attached hydrogen (secondary N) is 2. The largest absolute Gasteiger partial charge is 0.497 e. The van der Waals surface area contributed by atoms with E-state index in [1.807, 2.05) is 54.6 Å². The molecule has 0 saturated heterocycles. The van der Waals surface area contributed by atoms with E-state index in [2.05, 4.69) is 15.3 Å². The number of hydrogen-bond acceptors (Lipinski definition) is 5. The van der Waals surface area contributed by atoms with Gasteiger partial charge >= 0.3 is 0 Å². The molecule has 4 aromatic rings. The lowest BCUT2D eigenvalue weighted by atomic mass is 10.2. The number of rotatable bonds is 5. The van der Waals surface area contributed by atoms with Gasteiger partial charge in [-0.25, -0.2) is 9.19 Å². The van der Waals surface area contributed by atoms with E-state index in [0.717, 1.165) is 11.1 Å². The summed E-state index contributed by atoms with van der Waals surface area (Å²) in [5, 5.41) is 4.01. The van der Waals surface area contributed by atoms with E-state index < -0.39 is 10.8 Å². The van der Waals surface area contributed by atoms with Crippen LogP contribution in [0.4, 0.5) is 17.2 Å². The van der Waals surface area contributed by atoms with Crippen LogP contribution in [0.1, 0.15) is 0 Å². The number of benzene rings is 2. The Morgan fingerprint density at radius 3 is 2.78 bits per heavy atom. The molecule has 0 radical (unpaired) electrons. The maximum absolute atomic E-state index is 13.0. The Morgan fingerprint density at radius 2 is 1.96 bits per heavy atom. The standard InChI is InChI=1S/C20H18N4O2S/c1-26-13-5-4-6-14(11-13)27(25)18-12-22-20-15(18)9-10-19(24-20)23-17-8-3-2-7-16(17)21/h2-12H,21H2,1H3,(H2,22,23,24). The molecule has 0 bridgehead atoms. The third-order valence-corrected chi connectivity index (χ3v) is 5.60. The summed E-state index contributed by atoms with van der Waals surface area (Å²) in [4.78, 5) is 9.02. The molecule has 136 valence electrons. The molecule has 0 amide bonds. The second-order valence-corrected chi connectivity index (χ2v) is 7.35. The van der Waals surface area contributed by atoms with Crippen LogP contribution in [-0.2, 0) is 10.8 Å². The number of aromatic nitrogens is 2. The van der Waals surface area contributed by atoms with Crippen LogP contribution in [0.2, 0.25) is 0 Å². The van der Waals surface area contributed by atoms with Crippen molar-refractivity contribution in [1.29, 1.82) is 0 Å². The van der Waals surface area contributed by atoms with E-state index >= 15 is 0 Å². The normalized spacial score (nSPS) is 12.0. The van der Waals surface area contributed by atoms with Gasteiger partial charge in [0.1, 0.15) is 17.2 Å². The van der Waals surface area contributed by atoms with Crippen LogP contribution in [0.3, 0.4) is 0 Å². The number of nitrogens with zero attached hydrogens (tertiary/aromatic N) is 1. The second-order valence-electron chi connectivity index (χ2n) is 5.91. The fraction of sp³-hybridized carbons (Fsp3) is 0.0500. The van der Waals surface area contributed by atoms with Crippen molar-refractivity contribution in [2.75, 3.05) is 18.2 Å². The Morgan fingerprint density at radius 1 is 1.11 bits per heavy atom. The lowest BCUT2D eigenvalue weighted by molar-refractivity contribution is 0.413. The zero-order chi connectivity index (χ0) is 18.8. The molecule has 0 fully saturated rings. The van der Waals surface area contributed by atoms with Crippen molar-refractivity contribution in [3.63, 3.8) is 0 Å². The number of H-pyrrole nitrogens is 1. The fourth-order valence-corrected chi connectivity index (χ4v) is 4.00. The molecule has 7 heteroatoms. The average Bonchev–Trinajstić information content (AvgIpc) is 3.12. The Bertz CT molecular complexity index is 1140. The number of anilines is 3. The molecule has 0 aliphatic heterocycles. The van der Waals surface area contributed by atoms with E-state index in [1.165, 1.54) is 0 Å². The molecule has 1 unspecified atom stereocenters. The summed E-state index contributed by atoms with van der Waals surface area (Å²) in [6.45, 7) is 0. The van der Waals surface area contributed by atoms with Gasteiger partial charge in [0.15, 0.2) is 0 Å². The highest BCUT2D eigenvalue weighted by Crippen LogP contribution is 2.28. The van der Waals surface area contributed by atoms with Crippen LogP contribution in [0.15, 0.2) is 76.7 Å². The van der Waals surface area contributed by atoms with Gasteiger partial charge in [0.25, 0.3) is 0 Å². The lowest BCUT2D eigenvalue weighted by Crippen LogP contribution is -1.98. The summed E-state index contributed by atoms with van der Waals surface area (Å²) in [7, 11) is 0.247. The number of nitrogens with two attached hydrogens (primary N) is 1. The maximum Gasteiger partial charge on any atom is 0.140 e. The number of hydrogen-bond donors (Lipinski definition) is 3. The first-order valence-corrected chi connectivity index (χ1v) is 9.46. The predicted octanol–water partition coefficient (Wildman–Crippen LogP) is 4.06. The number of para-hydroxylation sites is 2. The summed E-state index contributed by atoms with van der Waals surface area (Å²) >= 11 is 0. The van der Waals surface area contributed by atoms with Crippen molar-refractivity contribution in [2.45, 2.75) is 9.79 Å². The first kappa shape index (κ1) is 17.1. The highest BCUT2D eigenvalue weighted by molar-refractivity contribution is 7.85. The summed E-state index contributed by atoms with van der Waals surface area (Å²) in [5.41, 5.74) is 8.05. The molecule has 1 atom stereocenters. The van der Waals surface area contributed by atoms with E-state index in [9.17, 15) is 4.21 Å². The van der Waals surface area contributed by atoms with Gasteiger partial charge in [-0.3, -0.25) is 0 Å². The number of aromatic amines is 1. The lowest BCUT2D eigenvalue weighted by Gasteiger charge is -2.08. The zero-order valence-corrected chi connectivity index (χ0v) is 15.4. The van der Waals surface area contributed by atoms with Gasteiger partial charge in [-0.15, -0.1) is 0 Å². The molecule has 0 aliphatic rings. The predicted molar refractivity (Wildman–Crippen MR) is 108 cm³/mol. The van der Waals surface area contributed by atoms with Crippen LogP contribution in [0, 0.1) is 0 Å². The number of methoxy groups -OCH3 is 1. The van der Waals surface area contributed by atoms with Crippen molar-refractivity contribution in [3.8, 4) is 5.75 Å². The van der Waals surface area contributed by atoms with Crippen molar-refractivity contribution >= 4 is 39.0 Å². The molecule has 2 aromatic carbocycles. The number of pyridine rings is 1. The highest BCUT2D eigenvalue weighted by Gasteiger charge is 2.14. The number of nitrogen functional groups attached to an aromatic ring is 1. The van der Waals surface area contributed by atoms with Gasteiger partial charge in [0, 0.05) is 16.5 Å². The fourth-order valence-electron chi connectivity index (χ4n) is 2.79. The second kappa shape index (κ2) is 7.13. The zero-order valence-electron chi connectivity index (χ0n) is 14.6. The Balaban J connectivity index is 1.66. The first-order valence-electron chi connectivity index (χ1n) is 8.31. The molecule has 0 saturated carbocycles. The van der Waals surface area contributed by atoms with Gasteiger partial charge in [0.05, 0.1) is 34.2 Å². The maximum atomic E-state index is 13.0. The molecule has 0 spiro atoms. The van der Waals surface area contributed by atoms with Crippen LogP contribution < -0.4 is 15.8 Å². The third kappa shape index (κ3) is 3.37. The van der Waals surface area contributed by atoms with E-state index in [0.29, 0.717) is 32.7 Å². The summed E-state index contributed by atoms with van der Waals surface area (Å²) in [6, 6.07) is 18.5. The van der Waals surface area contributed by atoms with Crippen LogP contribution in [0.25, 0.3) is 11.0 Å². The van der Waals surface area contributed by atoms with Gasteiger partial charge in [-0.1, -0.05) is 18.2 Å². The third-order valence-electron chi connectivity index (χ3n) is 4.18. The minimum Gasteiger partial charge on any atom is -0.497 e. The molecule has 6 nitrogen and oxygen atoms in total. The van der Waals surface area contributed by atoms with E-state index in [-0.39, 0.29) is 0 Å². The highest BCUT2D eigenvalue weighted by atomic mass is 32.2. The molecule has 2 aromatic heterocycles. The average molecular weight is 378 g/mol. The van der Waals surface area contributed by atoms with Gasteiger partial charge < -0.3 is 20.8 Å². The monoisotopic (exact) mass is 378 g/mol. The van der Waals surface area contributed by atoms with E-state index in [4.69, 9.17) is 10.5 Å². The smallest absolute Gasteiger partial charge is 0.140 e. The molecule has 27 heavy (non-hydrogen) atoms. The summed E-state index contributed by atoms with van der Waals surface area (Å²) in [6.07, 6.45) is 1.73. The number of fused-ring (bicyclic) bond motifs is 1. The van der Waals surface area contributed by atoms with Crippen molar-refractivity contribution in [1.82, 2.24) is 9.97 Å². The van der Waals surface area contributed by atoms with Crippen molar-refractivity contribution < 1.29 is 8.95 Å². The first-order chi connectivity index (χ1) is 13.2. The van der Waals surface area contributed by atoms with Crippen molar-refractivity contribution in [3.05, 3.63) is 66.9 Å². The Hall–Kier alpha value is -3.32. The topological polar surface area (TPSA) is 93.0 Å². The molecular formula is C20H18N4O2S. The SMILES string of the molecule is COc1cccc(S(=O)c2c[nH]c3nc(Nc4ccccc4N)ccc23)c1. The quantitative estimate of drug-likeness (QED) is 0.455. The van der Waals surface area contributed by atoms with Crippen LogP contribution >= 0.6 is 0 Å². The van der Waals surface area contributed by atoms with Gasteiger partial charge in [-0.05, 0) is 42.5 Å².